The number of rotatable bonds is 4. The smallest absolute Gasteiger partial charge is 0.337 e. The van der Waals surface area contributed by atoms with Crippen LogP contribution in [0.1, 0.15) is 23.0 Å². The standard InChI is InChI=1S/C11H12N2O4/c1-7(14)10(15)13-6-9-5-8(3-4-12-9)11(16)17-2/h3-5H,6H2,1-2H3,(H,13,15). The minimum Gasteiger partial charge on any atom is -0.465 e. The number of ether oxygens (including phenoxy) is 1. The third-order valence-electron chi connectivity index (χ3n) is 1.99. The number of methoxy groups -OCH3 is 1. The molecule has 0 fully saturated rings. The van der Waals surface area contributed by atoms with Gasteiger partial charge in [-0.25, -0.2) is 4.79 Å². The molecule has 1 heterocycles. The lowest BCUT2D eigenvalue weighted by Gasteiger charge is -2.04. The number of amides is 1. The predicted molar refractivity (Wildman–Crippen MR) is 58.1 cm³/mol. The van der Waals surface area contributed by atoms with Crippen LogP contribution in [0.2, 0.25) is 0 Å². The zero-order chi connectivity index (χ0) is 12.8. The lowest BCUT2D eigenvalue weighted by Crippen LogP contribution is -2.29. The van der Waals surface area contributed by atoms with E-state index in [1.807, 2.05) is 0 Å². The van der Waals surface area contributed by atoms with Crippen molar-refractivity contribution in [2.75, 3.05) is 7.11 Å². The summed E-state index contributed by atoms with van der Waals surface area (Å²) in [6, 6.07) is 2.99. The van der Waals surface area contributed by atoms with Crippen LogP contribution >= 0.6 is 0 Å². The largest absolute Gasteiger partial charge is 0.465 e. The van der Waals surface area contributed by atoms with E-state index in [-0.39, 0.29) is 6.54 Å². The molecule has 6 heteroatoms. The van der Waals surface area contributed by atoms with Gasteiger partial charge >= 0.3 is 5.97 Å². The van der Waals surface area contributed by atoms with Gasteiger partial charge in [0.1, 0.15) is 0 Å². The molecule has 0 aliphatic rings. The molecule has 0 aliphatic carbocycles. The van der Waals surface area contributed by atoms with Gasteiger partial charge in [-0.15, -0.1) is 0 Å². The first-order valence-electron chi connectivity index (χ1n) is 4.86. The van der Waals surface area contributed by atoms with Crippen LogP contribution in [0, 0.1) is 0 Å². The van der Waals surface area contributed by atoms with Gasteiger partial charge < -0.3 is 10.1 Å². The number of Topliss-reactive ketones (excluding diaryl/α,β-unsaturated/α-hetero) is 1. The quantitative estimate of drug-likeness (QED) is 0.590. The molecule has 0 bridgehead atoms. The third kappa shape index (κ3) is 3.67. The van der Waals surface area contributed by atoms with Crippen molar-refractivity contribution in [2.24, 2.45) is 0 Å². The number of nitrogens with zero attached hydrogens (tertiary/aromatic N) is 1. The number of aromatic nitrogens is 1. The number of hydrogen-bond acceptors (Lipinski definition) is 5. The number of carbonyl (C=O) groups is 3. The van der Waals surface area contributed by atoms with Crippen molar-refractivity contribution in [3.63, 3.8) is 0 Å². The molecule has 1 aromatic rings. The maximum Gasteiger partial charge on any atom is 0.337 e. The van der Waals surface area contributed by atoms with Crippen LogP contribution in [0.4, 0.5) is 0 Å². The van der Waals surface area contributed by atoms with E-state index in [1.54, 1.807) is 0 Å². The Bertz CT molecular complexity index is 457. The van der Waals surface area contributed by atoms with Gasteiger partial charge in [0.2, 0.25) is 5.78 Å². The normalized spacial score (nSPS) is 9.53. The average molecular weight is 236 g/mol. The van der Waals surface area contributed by atoms with Gasteiger partial charge in [-0.2, -0.15) is 0 Å². The van der Waals surface area contributed by atoms with E-state index < -0.39 is 17.7 Å². The van der Waals surface area contributed by atoms with Crippen LogP contribution < -0.4 is 5.32 Å². The minimum atomic E-state index is -0.685. The van der Waals surface area contributed by atoms with Gasteiger partial charge in [0, 0.05) is 13.1 Å². The van der Waals surface area contributed by atoms with Gasteiger partial charge in [0.25, 0.3) is 5.91 Å². The molecule has 0 unspecified atom stereocenters. The molecule has 1 aromatic heterocycles. The number of ketones is 1. The Morgan fingerprint density at radius 1 is 1.41 bits per heavy atom. The number of hydrogen-bond donors (Lipinski definition) is 1. The zero-order valence-corrected chi connectivity index (χ0v) is 9.52. The summed E-state index contributed by atoms with van der Waals surface area (Å²) in [5, 5.41) is 2.38. The Morgan fingerprint density at radius 2 is 2.12 bits per heavy atom. The Morgan fingerprint density at radius 3 is 2.71 bits per heavy atom. The highest BCUT2D eigenvalue weighted by Gasteiger charge is 2.09. The predicted octanol–water partition coefficient (Wildman–Crippen LogP) is 0.0734. The Kier molecular flexibility index (Phi) is 4.33. The average Bonchev–Trinajstić information content (AvgIpc) is 2.35. The minimum absolute atomic E-state index is 0.0866. The molecule has 0 atom stereocenters. The van der Waals surface area contributed by atoms with E-state index in [2.05, 4.69) is 15.0 Å². The third-order valence-corrected chi connectivity index (χ3v) is 1.99. The van der Waals surface area contributed by atoms with E-state index in [1.165, 1.54) is 32.4 Å². The van der Waals surface area contributed by atoms with Crippen molar-refractivity contribution in [3.05, 3.63) is 29.6 Å². The molecule has 0 saturated heterocycles. The highest BCUT2D eigenvalue weighted by atomic mass is 16.5. The first-order valence-corrected chi connectivity index (χ1v) is 4.86. The van der Waals surface area contributed by atoms with E-state index in [9.17, 15) is 14.4 Å². The Labute approximate surface area is 98.0 Å². The van der Waals surface area contributed by atoms with E-state index >= 15 is 0 Å². The molecule has 1 rings (SSSR count). The van der Waals surface area contributed by atoms with Gasteiger partial charge in [-0.1, -0.05) is 0 Å². The number of nitrogens with one attached hydrogen (secondary N) is 1. The molecule has 6 nitrogen and oxygen atoms in total. The molecule has 17 heavy (non-hydrogen) atoms. The van der Waals surface area contributed by atoms with E-state index in [0.717, 1.165) is 0 Å². The molecule has 0 saturated carbocycles. The van der Waals surface area contributed by atoms with Crippen LogP contribution in [0.3, 0.4) is 0 Å². The summed E-state index contributed by atoms with van der Waals surface area (Å²) < 4.78 is 4.55. The van der Waals surface area contributed by atoms with Gasteiger partial charge in [-0.05, 0) is 12.1 Å². The van der Waals surface area contributed by atoms with E-state index in [0.29, 0.717) is 11.3 Å². The van der Waals surface area contributed by atoms with Crippen molar-refractivity contribution in [3.8, 4) is 0 Å². The summed E-state index contributed by atoms with van der Waals surface area (Å²) in [4.78, 5) is 36.9. The molecular weight excluding hydrogens is 224 g/mol. The van der Waals surface area contributed by atoms with Gasteiger partial charge in [0.05, 0.1) is 24.9 Å². The fourth-order valence-corrected chi connectivity index (χ4v) is 1.11. The molecule has 0 radical (unpaired) electrons. The summed E-state index contributed by atoms with van der Waals surface area (Å²) in [6.45, 7) is 1.26. The second-order valence-electron chi connectivity index (χ2n) is 3.27. The molecule has 1 N–H and O–H groups in total. The summed E-state index contributed by atoms with van der Waals surface area (Å²) in [5.41, 5.74) is 0.817. The topological polar surface area (TPSA) is 85.4 Å². The van der Waals surface area contributed by atoms with Crippen molar-refractivity contribution < 1.29 is 19.1 Å². The van der Waals surface area contributed by atoms with Crippen LogP contribution in [0.5, 0.6) is 0 Å². The second kappa shape index (κ2) is 5.74. The maximum absolute atomic E-state index is 11.2. The highest BCUT2D eigenvalue weighted by Crippen LogP contribution is 2.03. The molecule has 90 valence electrons. The Balaban J connectivity index is 2.69. The van der Waals surface area contributed by atoms with Crippen molar-refractivity contribution in [1.82, 2.24) is 10.3 Å². The number of pyridine rings is 1. The van der Waals surface area contributed by atoms with Crippen LogP contribution in [0.25, 0.3) is 0 Å². The Hall–Kier alpha value is -2.24. The second-order valence-corrected chi connectivity index (χ2v) is 3.27. The van der Waals surface area contributed by atoms with Crippen LogP contribution in [-0.2, 0) is 20.9 Å². The van der Waals surface area contributed by atoms with Crippen molar-refractivity contribution >= 4 is 17.7 Å². The fraction of sp³-hybridized carbons (Fsp3) is 0.273. The molecule has 0 aromatic carbocycles. The maximum atomic E-state index is 11.2. The number of carbonyl (C=O) groups excluding carboxylic acids is 3. The summed E-state index contributed by atoms with van der Waals surface area (Å²) in [6.07, 6.45) is 1.43. The first-order chi connectivity index (χ1) is 8.04. The highest BCUT2D eigenvalue weighted by molar-refractivity contribution is 6.35. The van der Waals surface area contributed by atoms with Crippen LogP contribution in [-0.4, -0.2) is 29.8 Å². The SMILES string of the molecule is COC(=O)c1ccnc(CNC(=O)C(C)=O)c1. The molecule has 0 spiro atoms. The van der Waals surface area contributed by atoms with Crippen molar-refractivity contribution in [2.45, 2.75) is 13.5 Å². The lowest BCUT2D eigenvalue weighted by molar-refractivity contribution is -0.136. The van der Waals surface area contributed by atoms with E-state index in [4.69, 9.17) is 0 Å². The summed E-state index contributed by atoms with van der Waals surface area (Å²) in [7, 11) is 1.28. The first kappa shape index (κ1) is 12.8. The molecule has 0 aliphatic heterocycles. The van der Waals surface area contributed by atoms with Crippen molar-refractivity contribution in [1.29, 1.82) is 0 Å². The van der Waals surface area contributed by atoms with Gasteiger partial charge in [-0.3, -0.25) is 14.6 Å². The number of esters is 1. The van der Waals surface area contributed by atoms with Crippen LogP contribution in [0.15, 0.2) is 18.3 Å². The zero-order valence-electron chi connectivity index (χ0n) is 9.52. The van der Waals surface area contributed by atoms with Gasteiger partial charge in [0.15, 0.2) is 0 Å². The summed E-state index contributed by atoms with van der Waals surface area (Å²) in [5.74, 6) is -1.74. The molecule has 1 amide bonds. The monoisotopic (exact) mass is 236 g/mol. The lowest BCUT2D eigenvalue weighted by atomic mass is 10.2. The summed E-state index contributed by atoms with van der Waals surface area (Å²) >= 11 is 0. The molecular formula is C11H12N2O4. The fourth-order valence-electron chi connectivity index (χ4n) is 1.11.